The molecule has 0 spiro atoms. The number of aromatic amines is 1. The van der Waals surface area contributed by atoms with E-state index in [2.05, 4.69) is 10.3 Å². The zero-order valence-electron chi connectivity index (χ0n) is 14.1. The summed E-state index contributed by atoms with van der Waals surface area (Å²) in [5, 5.41) is 4.82. The Morgan fingerprint density at radius 2 is 1.88 bits per heavy atom. The molecule has 1 unspecified atom stereocenters. The first kappa shape index (κ1) is 16.6. The van der Waals surface area contributed by atoms with Gasteiger partial charge in [-0.2, -0.15) is 0 Å². The number of carbonyl (C=O) groups is 1. The van der Waals surface area contributed by atoms with Gasteiger partial charge in [-0.1, -0.05) is 48.0 Å². The molecule has 0 aliphatic rings. The van der Waals surface area contributed by atoms with E-state index in [1.165, 1.54) is 0 Å². The van der Waals surface area contributed by atoms with Crippen molar-refractivity contribution in [2.45, 2.75) is 32.2 Å². The number of benzene rings is 2. The molecule has 2 N–H and O–H groups in total. The molecule has 3 nitrogen and oxygen atoms in total. The molecule has 0 radical (unpaired) electrons. The molecule has 1 aromatic heterocycles. The molecule has 24 heavy (non-hydrogen) atoms. The monoisotopic (exact) mass is 340 g/mol. The first-order valence-corrected chi connectivity index (χ1v) is 8.40. The van der Waals surface area contributed by atoms with E-state index < -0.39 is 5.41 Å². The summed E-state index contributed by atoms with van der Waals surface area (Å²) in [6.07, 6.45) is 1.90. The highest BCUT2D eigenvalue weighted by molar-refractivity contribution is 6.31. The summed E-state index contributed by atoms with van der Waals surface area (Å²) in [6, 6.07) is 15.6. The van der Waals surface area contributed by atoms with Crippen LogP contribution in [-0.2, 0) is 10.2 Å². The van der Waals surface area contributed by atoms with Crippen LogP contribution in [0.2, 0.25) is 5.02 Å². The number of halogens is 1. The predicted octanol–water partition coefficient (Wildman–Crippen LogP) is 4.98. The number of fused-ring (bicyclic) bond motifs is 1. The summed E-state index contributed by atoms with van der Waals surface area (Å²) in [4.78, 5) is 16.1. The Morgan fingerprint density at radius 3 is 2.58 bits per heavy atom. The quantitative estimate of drug-likeness (QED) is 0.691. The number of carbonyl (C=O) groups excluding carboxylic acids is 1. The second kappa shape index (κ2) is 6.33. The lowest BCUT2D eigenvalue weighted by molar-refractivity contribution is -0.126. The number of amides is 1. The number of rotatable bonds is 4. The van der Waals surface area contributed by atoms with Crippen LogP contribution in [0.4, 0.5) is 0 Å². The summed E-state index contributed by atoms with van der Waals surface area (Å²) in [5.41, 5.74) is 2.34. The average Bonchev–Trinajstić information content (AvgIpc) is 2.99. The van der Waals surface area contributed by atoms with Gasteiger partial charge in [-0.3, -0.25) is 4.79 Å². The Bertz CT molecular complexity index is 868. The number of nitrogens with one attached hydrogen (secondary N) is 2. The molecule has 1 atom stereocenters. The molecule has 1 amide bonds. The van der Waals surface area contributed by atoms with Gasteiger partial charge in [0.05, 0.1) is 11.5 Å². The zero-order chi connectivity index (χ0) is 17.3. The van der Waals surface area contributed by atoms with Crippen molar-refractivity contribution in [1.29, 1.82) is 0 Å². The van der Waals surface area contributed by atoms with Crippen LogP contribution in [-0.4, -0.2) is 10.9 Å². The van der Waals surface area contributed by atoms with Crippen LogP contribution in [0.1, 0.15) is 37.9 Å². The van der Waals surface area contributed by atoms with Crippen molar-refractivity contribution in [2.24, 2.45) is 0 Å². The molecule has 3 rings (SSSR count). The summed E-state index contributed by atoms with van der Waals surface area (Å²) in [6.45, 7) is 5.88. The Kier molecular flexibility index (Phi) is 4.37. The third-order valence-corrected chi connectivity index (χ3v) is 4.77. The van der Waals surface area contributed by atoms with Crippen molar-refractivity contribution in [3.63, 3.8) is 0 Å². The van der Waals surface area contributed by atoms with Crippen molar-refractivity contribution >= 4 is 28.4 Å². The fraction of sp³-hybridized carbons (Fsp3) is 0.250. The second-order valence-electron chi connectivity index (χ2n) is 6.62. The molecule has 3 aromatic rings. The van der Waals surface area contributed by atoms with Gasteiger partial charge >= 0.3 is 0 Å². The Balaban J connectivity index is 1.87. The van der Waals surface area contributed by atoms with Crippen LogP contribution in [0, 0.1) is 0 Å². The van der Waals surface area contributed by atoms with Crippen LogP contribution in [0.15, 0.2) is 54.7 Å². The predicted molar refractivity (Wildman–Crippen MR) is 99.3 cm³/mol. The first-order chi connectivity index (χ1) is 11.4. The molecule has 4 heteroatoms. The van der Waals surface area contributed by atoms with Crippen LogP contribution in [0.3, 0.4) is 0 Å². The van der Waals surface area contributed by atoms with E-state index in [0.29, 0.717) is 5.02 Å². The van der Waals surface area contributed by atoms with Gasteiger partial charge in [0.1, 0.15) is 0 Å². The minimum absolute atomic E-state index is 0.00490. The van der Waals surface area contributed by atoms with E-state index in [9.17, 15) is 4.79 Å². The SMILES string of the molecule is CC(NC(=O)C(C)(C)c1c[nH]c2cc(Cl)ccc12)c1ccccc1. The lowest BCUT2D eigenvalue weighted by Gasteiger charge is -2.26. The molecule has 1 heterocycles. The van der Waals surface area contributed by atoms with Crippen molar-refractivity contribution in [3.05, 3.63) is 70.9 Å². The molecule has 0 aliphatic heterocycles. The summed E-state index contributed by atoms with van der Waals surface area (Å²) >= 11 is 6.04. The molecule has 124 valence electrons. The summed E-state index contributed by atoms with van der Waals surface area (Å²) < 4.78 is 0. The number of H-pyrrole nitrogens is 1. The van der Waals surface area contributed by atoms with Gasteiger partial charge in [0.25, 0.3) is 0 Å². The lowest BCUT2D eigenvalue weighted by Crippen LogP contribution is -2.41. The summed E-state index contributed by atoms with van der Waals surface area (Å²) in [7, 11) is 0. The zero-order valence-corrected chi connectivity index (χ0v) is 14.8. The molecule has 0 saturated carbocycles. The van der Waals surface area contributed by atoms with Crippen molar-refractivity contribution in [1.82, 2.24) is 10.3 Å². The topological polar surface area (TPSA) is 44.9 Å². The Morgan fingerprint density at radius 1 is 1.17 bits per heavy atom. The molecule has 0 aliphatic carbocycles. The second-order valence-corrected chi connectivity index (χ2v) is 7.06. The molecule has 0 saturated heterocycles. The lowest BCUT2D eigenvalue weighted by atomic mass is 9.83. The Hall–Kier alpha value is -2.26. The minimum atomic E-state index is -0.658. The summed E-state index contributed by atoms with van der Waals surface area (Å²) in [5.74, 6) is -0.00490. The van der Waals surface area contributed by atoms with Crippen molar-refractivity contribution < 1.29 is 4.79 Å². The Labute approximate surface area is 147 Å². The minimum Gasteiger partial charge on any atom is -0.361 e. The van der Waals surface area contributed by atoms with E-state index in [1.807, 2.05) is 75.5 Å². The molecular formula is C20H21ClN2O. The van der Waals surface area contributed by atoms with Crippen LogP contribution >= 0.6 is 11.6 Å². The maximum atomic E-state index is 12.9. The van der Waals surface area contributed by atoms with Gasteiger partial charge in [-0.15, -0.1) is 0 Å². The van der Waals surface area contributed by atoms with Crippen LogP contribution in [0.25, 0.3) is 10.9 Å². The molecule has 0 bridgehead atoms. The highest BCUT2D eigenvalue weighted by Gasteiger charge is 2.33. The maximum Gasteiger partial charge on any atom is 0.230 e. The molecule has 0 fully saturated rings. The third kappa shape index (κ3) is 3.04. The first-order valence-electron chi connectivity index (χ1n) is 8.02. The van der Waals surface area contributed by atoms with Crippen LogP contribution in [0.5, 0.6) is 0 Å². The van der Waals surface area contributed by atoms with E-state index in [0.717, 1.165) is 22.0 Å². The largest absolute Gasteiger partial charge is 0.361 e. The highest BCUT2D eigenvalue weighted by atomic mass is 35.5. The van der Waals surface area contributed by atoms with Gasteiger partial charge in [0.2, 0.25) is 5.91 Å². The van der Waals surface area contributed by atoms with Crippen molar-refractivity contribution in [3.8, 4) is 0 Å². The van der Waals surface area contributed by atoms with E-state index in [4.69, 9.17) is 11.6 Å². The van der Waals surface area contributed by atoms with E-state index in [-0.39, 0.29) is 11.9 Å². The average molecular weight is 341 g/mol. The number of hydrogen-bond donors (Lipinski definition) is 2. The maximum absolute atomic E-state index is 12.9. The van der Waals surface area contributed by atoms with Gasteiger partial charge in [0.15, 0.2) is 0 Å². The molecule has 2 aromatic carbocycles. The third-order valence-electron chi connectivity index (χ3n) is 4.53. The number of hydrogen-bond acceptors (Lipinski definition) is 1. The van der Waals surface area contributed by atoms with Crippen molar-refractivity contribution in [2.75, 3.05) is 0 Å². The molecular weight excluding hydrogens is 320 g/mol. The van der Waals surface area contributed by atoms with Gasteiger partial charge in [-0.25, -0.2) is 0 Å². The van der Waals surface area contributed by atoms with Gasteiger partial charge in [0, 0.05) is 22.1 Å². The fourth-order valence-corrected chi connectivity index (χ4v) is 3.11. The highest BCUT2D eigenvalue weighted by Crippen LogP contribution is 2.32. The standard InChI is InChI=1S/C20H21ClN2O/c1-13(14-7-5-4-6-8-14)23-19(24)20(2,3)17-12-22-18-11-15(21)9-10-16(17)18/h4-13,22H,1-3H3,(H,23,24). The van der Waals surface area contributed by atoms with Crippen LogP contribution < -0.4 is 5.32 Å². The van der Waals surface area contributed by atoms with Gasteiger partial charge in [-0.05, 0) is 44.0 Å². The fourth-order valence-electron chi connectivity index (χ4n) is 2.94. The van der Waals surface area contributed by atoms with E-state index in [1.54, 1.807) is 0 Å². The van der Waals surface area contributed by atoms with Gasteiger partial charge < -0.3 is 10.3 Å². The van der Waals surface area contributed by atoms with E-state index >= 15 is 0 Å². The smallest absolute Gasteiger partial charge is 0.230 e. The number of aromatic nitrogens is 1. The normalized spacial score (nSPS) is 13.0.